The van der Waals surface area contributed by atoms with Crippen LogP contribution < -0.4 is 5.73 Å². The van der Waals surface area contributed by atoms with Crippen LogP contribution in [0.15, 0.2) is 16.3 Å². The quantitative estimate of drug-likeness (QED) is 0.875. The summed E-state index contributed by atoms with van der Waals surface area (Å²) < 4.78 is 61.9. The number of alkyl halides is 3. The van der Waals surface area contributed by atoms with E-state index in [2.05, 4.69) is 0 Å². The zero-order valence-electron chi connectivity index (χ0n) is 10.3. The van der Waals surface area contributed by atoms with E-state index in [-0.39, 0.29) is 17.3 Å². The lowest BCUT2D eigenvalue weighted by Crippen LogP contribution is -2.39. The highest BCUT2D eigenvalue weighted by Gasteiger charge is 2.37. The van der Waals surface area contributed by atoms with Gasteiger partial charge in [-0.1, -0.05) is 6.92 Å². The van der Waals surface area contributed by atoms with Crippen LogP contribution in [0.2, 0.25) is 0 Å². The highest BCUT2D eigenvalue weighted by Crippen LogP contribution is 2.27. The second-order valence-electron chi connectivity index (χ2n) is 3.88. The largest absolute Gasteiger partial charge is 0.402 e. The summed E-state index contributed by atoms with van der Waals surface area (Å²) >= 11 is 0.898. The minimum atomic E-state index is -4.56. The average Bonchev–Trinajstić information content (AvgIpc) is 2.75. The SMILES string of the molecule is CCCN(CC(F)(F)F)S(=O)(=O)c1ccc(CN)s1. The minimum Gasteiger partial charge on any atom is -0.326 e. The van der Waals surface area contributed by atoms with Crippen LogP contribution in [0.4, 0.5) is 13.2 Å². The van der Waals surface area contributed by atoms with E-state index >= 15 is 0 Å². The monoisotopic (exact) mass is 316 g/mol. The first-order valence-corrected chi connectivity index (χ1v) is 7.82. The van der Waals surface area contributed by atoms with Crippen LogP contribution >= 0.6 is 11.3 Å². The third-order valence-corrected chi connectivity index (χ3v) is 5.68. The van der Waals surface area contributed by atoms with Crippen molar-refractivity contribution in [2.75, 3.05) is 13.1 Å². The maximum atomic E-state index is 12.4. The van der Waals surface area contributed by atoms with E-state index in [0.717, 1.165) is 11.3 Å². The van der Waals surface area contributed by atoms with Gasteiger partial charge in [0.2, 0.25) is 0 Å². The van der Waals surface area contributed by atoms with Crippen LogP contribution in [0.25, 0.3) is 0 Å². The molecule has 19 heavy (non-hydrogen) atoms. The van der Waals surface area contributed by atoms with Crippen molar-refractivity contribution in [2.24, 2.45) is 5.73 Å². The molecular weight excluding hydrogens is 301 g/mol. The molecule has 0 saturated heterocycles. The smallest absolute Gasteiger partial charge is 0.326 e. The molecule has 2 N–H and O–H groups in total. The molecule has 9 heteroatoms. The molecule has 0 atom stereocenters. The van der Waals surface area contributed by atoms with Gasteiger partial charge in [0.15, 0.2) is 0 Å². The van der Waals surface area contributed by atoms with Crippen molar-refractivity contribution < 1.29 is 21.6 Å². The topological polar surface area (TPSA) is 63.4 Å². The van der Waals surface area contributed by atoms with Crippen molar-refractivity contribution in [1.82, 2.24) is 4.31 Å². The number of nitrogens with zero attached hydrogens (tertiary/aromatic N) is 1. The molecule has 0 aliphatic heterocycles. The average molecular weight is 316 g/mol. The van der Waals surface area contributed by atoms with Crippen molar-refractivity contribution in [3.63, 3.8) is 0 Å². The molecule has 0 unspecified atom stereocenters. The Bertz CT molecular complexity index is 511. The fourth-order valence-corrected chi connectivity index (χ4v) is 4.37. The van der Waals surface area contributed by atoms with Gasteiger partial charge in [-0.2, -0.15) is 17.5 Å². The van der Waals surface area contributed by atoms with Crippen LogP contribution in [0.1, 0.15) is 18.2 Å². The van der Waals surface area contributed by atoms with Gasteiger partial charge < -0.3 is 5.73 Å². The lowest BCUT2D eigenvalue weighted by molar-refractivity contribution is -0.136. The Labute approximate surface area is 114 Å². The van der Waals surface area contributed by atoms with Crippen molar-refractivity contribution in [3.05, 3.63) is 17.0 Å². The first-order valence-electron chi connectivity index (χ1n) is 5.56. The van der Waals surface area contributed by atoms with Crippen molar-refractivity contribution in [3.8, 4) is 0 Å². The van der Waals surface area contributed by atoms with E-state index in [0.29, 0.717) is 15.6 Å². The molecule has 0 aromatic carbocycles. The molecule has 0 radical (unpaired) electrons. The van der Waals surface area contributed by atoms with Crippen LogP contribution in [-0.4, -0.2) is 32.0 Å². The maximum Gasteiger partial charge on any atom is 0.402 e. The number of hydrogen-bond acceptors (Lipinski definition) is 4. The molecule has 1 heterocycles. The summed E-state index contributed by atoms with van der Waals surface area (Å²) in [6.45, 7) is 0.141. The number of nitrogens with two attached hydrogens (primary N) is 1. The van der Waals surface area contributed by atoms with Gasteiger partial charge >= 0.3 is 6.18 Å². The molecule has 0 bridgehead atoms. The zero-order valence-corrected chi connectivity index (χ0v) is 11.9. The fraction of sp³-hybridized carbons (Fsp3) is 0.600. The summed E-state index contributed by atoms with van der Waals surface area (Å²) in [6.07, 6.45) is -4.25. The van der Waals surface area contributed by atoms with E-state index in [1.807, 2.05) is 0 Å². The number of halogens is 3. The Kier molecular flexibility index (Phi) is 5.36. The zero-order chi connectivity index (χ0) is 14.7. The standard InChI is InChI=1S/C10H15F3N2O2S2/c1-2-5-15(7-10(11,12)13)19(16,17)9-4-3-8(6-14)18-9/h3-4H,2,5-7,14H2,1H3. The molecule has 0 saturated carbocycles. The number of thiophene rings is 1. The van der Waals surface area contributed by atoms with E-state index in [9.17, 15) is 21.6 Å². The predicted molar refractivity (Wildman–Crippen MR) is 67.3 cm³/mol. The van der Waals surface area contributed by atoms with E-state index < -0.39 is 22.7 Å². The van der Waals surface area contributed by atoms with Crippen LogP contribution in [-0.2, 0) is 16.6 Å². The summed E-state index contributed by atoms with van der Waals surface area (Å²) in [7, 11) is -4.11. The van der Waals surface area contributed by atoms with Crippen LogP contribution in [0.3, 0.4) is 0 Å². The third-order valence-electron chi connectivity index (χ3n) is 2.26. The van der Waals surface area contributed by atoms with Crippen LogP contribution in [0.5, 0.6) is 0 Å². The Hall–Kier alpha value is -0.640. The molecule has 0 amide bonds. The highest BCUT2D eigenvalue weighted by molar-refractivity contribution is 7.91. The number of hydrogen-bond donors (Lipinski definition) is 1. The van der Waals surface area contributed by atoms with Crippen molar-refractivity contribution in [2.45, 2.75) is 30.3 Å². The maximum absolute atomic E-state index is 12.4. The van der Waals surface area contributed by atoms with Gasteiger partial charge in [0.1, 0.15) is 10.8 Å². The van der Waals surface area contributed by atoms with Gasteiger partial charge in [0.25, 0.3) is 10.0 Å². The van der Waals surface area contributed by atoms with E-state index in [1.54, 1.807) is 6.92 Å². The lowest BCUT2D eigenvalue weighted by atomic mass is 10.5. The Morgan fingerprint density at radius 2 is 2.00 bits per heavy atom. The first-order chi connectivity index (χ1) is 8.70. The van der Waals surface area contributed by atoms with Gasteiger partial charge in [-0.15, -0.1) is 11.3 Å². The molecule has 0 spiro atoms. The third kappa shape index (κ3) is 4.44. The summed E-state index contributed by atoms with van der Waals surface area (Å²) in [5, 5.41) is 0. The fourth-order valence-electron chi connectivity index (χ4n) is 1.47. The van der Waals surface area contributed by atoms with Crippen LogP contribution in [0, 0.1) is 0 Å². The van der Waals surface area contributed by atoms with Gasteiger partial charge in [-0.3, -0.25) is 0 Å². The Morgan fingerprint density at radius 3 is 2.42 bits per heavy atom. The molecule has 0 aliphatic rings. The molecule has 1 rings (SSSR count). The number of sulfonamides is 1. The summed E-state index contributed by atoms with van der Waals surface area (Å²) in [5.41, 5.74) is 5.36. The lowest BCUT2D eigenvalue weighted by Gasteiger charge is -2.21. The molecule has 1 aromatic rings. The molecule has 0 fully saturated rings. The van der Waals surface area contributed by atoms with Gasteiger partial charge in [0.05, 0.1) is 0 Å². The predicted octanol–water partition coefficient (Wildman–Crippen LogP) is 2.17. The second-order valence-corrected chi connectivity index (χ2v) is 7.21. The highest BCUT2D eigenvalue weighted by atomic mass is 32.2. The second kappa shape index (κ2) is 6.21. The van der Waals surface area contributed by atoms with Gasteiger partial charge in [-0.25, -0.2) is 8.42 Å². The Balaban J connectivity index is 3.05. The normalized spacial score (nSPS) is 13.2. The first kappa shape index (κ1) is 16.4. The van der Waals surface area contributed by atoms with Crippen molar-refractivity contribution in [1.29, 1.82) is 0 Å². The molecular formula is C10H15F3N2O2S2. The molecule has 0 aliphatic carbocycles. The van der Waals surface area contributed by atoms with Gasteiger partial charge in [-0.05, 0) is 18.6 Å². The Morgan fingerprint density at radius 1 is 1.37 bits per heavy atom. The van der Waals surface area contributed by atoms with Crippen molar-refractivity contribution >= 4 is 21.4 Å². The summed E-state index contributed by atoms with van der Waals surface area (Å²) in [4.78, 5) is 0.613. The van der Waals surface area contributed by atoms with E-state index in [1.165, 1.54) is 12.1 Å². The van der Waals surface area contributed by atoms with E-state index in [4.69, 9.17) is 5.73 Å². The molecule has 110 valence electrons. The number of rotatable bonds is 6. The summed E-state index contributed by atoms with van der Waals surface area (Å²) in [6, 6.07) is 2.80. The minimum absolute atomic E-state index is 0.106. The molecule has 4 nitrogen and oxygen atoms in total. The van der Waals surface area contributed by atoms with Gasteiger partial charge in [0, 0.05) is 18.0 Å². The molecule has 1 aromatic heterocycles. The summed E-state index contributed by atoms with van der Waals surface area (Å²) in [5.74, 6) is 0.